The van der Waals surface area contributed by atoms with Crippen LogP contribution < -0.4 is 4.90 Å². The standard InChI is InChI=1S/C15H22FN3O2/c1-17(2)5-6-18-7-9-19(10-8-18)14-4-3-12(15(20)21)11-13(14)16/h3-4,11H,5-10H2,1-2H3,(H,20,21). The van der Waals surface area contributed by atoms with Gasteiger partial charge in [0.15, 0.2) is 0 Å². The van der Waals surface area contributed by atoms with Crippen LogP contribution in [0, 0.1) is 5.82 Å². The molecular weight excluding hydrogens is 273 g/mol. The van der Waals surface area contributed by atoms with E-state index in [1.54, 1.807) is 6.07 Å². The molecule has 0 atom stereocenters. The molecular formula is C15H22FN3O2. The highest BCUT2D eigenvalue weighted by Crippen LogP contribution is 2.22. The van der Waals surface area contributed by atoms with Gasteiger partial charge < -0.3 is 14.9 Å². The number of carboxylic acids is 1. The maximum atomic E-state index is 14.0. The maximum absolute atomic E-state index is 14.0. The average molecular weight is 295 g/mol. The molecule has 2 rings (SSSR count). The molecule has 0 aromatic heterocycles. The fraction of sp³-hybridized carbons (Fsp3) is 0.533. The molecule has 1 fully saturated rings. The first-order valence-corrected chi connectivity index (χ1v) is 7.12. The summed E-state index contributed by atoms with van der Waals surface area (Å²) < 4.78 is 14.0. The number of rotatable bonds is 5. The Labute approximate surface area is 124 Å². The highest BCUT2D eigenvalue weighted by molar-refractivity contribution is 5.88. The van der Waals surface area contributed by atoms with E-state index in [2.05, 4.69) is 23.9 Å². The first-order valence-electron chi connectivity index (χ1n) is 7.12. The van der Waals surface area contributed by atoms with Gasteiger partial charge >= 0.3 is 5.97 Å². The third-order valence-corrected chi connectivity index (χ3v) is 3.77. The maximum Gasteiger partial charge on any atom is 0.335 e. The molecule has 1 heterocycles. The van der Waals surface area contributed by atoms with Crippen molar-refractivity contribution in [2.24, 2.45) is 0 Å². The number of hydrogen-bond acceptors (Lipinski definition) is 4. The molecule has 6 heteroatoms. The topological polar surface area (TPSA) is 47.0 Å². The molecule has 0 unspecified atom stereocenters. The lowest BCUT2D eigenvalue weighted by Crippen LogP contribution is -2.48. The number of piperazine rings is 1. The van der Waals surface area contributed by atoms with Crippen LogP contribution in [0.15, 0.2) is 18.2 Å². The minimum absolute atomic E-state index is 0.0131. The van der Waals surface area contributed by atoms with Crippen LogP contribution in [0.3, 0.4) is 0 Å². The number of likely N-dealkylation sites (N-methyl/N-ethyl adjacent to an activating group) is 1. The lowest BCUT2D eigenvalue weighted by atomic mass is 10.1. The van der Waals surface area contributed by atoms with Crippen LogP contribution in [-0.2, 0) is 0 Å². The SMILES string of the molecule is CN(C)CCN1CCN(c2ccc(C(=O)O)cc2F)CC1. The van der Waals surface area contributed by atoms with Crippen LogP contribution in [0.25, 0.3) is 0 Å². The van der Waals surface area contributed by atoms with Crippen LogP contribution >= 0.6 is 0 Å². The van der Waals surface area contributed by atoms with Crippen molar-refractivity contribution in [3.63, 3.8) is 0 Å². The van der Waals surface area contributed by atoms with Gasteiger partial charge in [0, 0.05) is 39.3 Å². The van der Waals surface area contributed by atoms with E-state index in [0.29, 0.717) is 5.69 Å². The van der Waals surface area contributed by atoms with Gasteiger partial charge in [0.2, 0.25) is 0 Å². The Bertz CT molecular complexity index is 500. The van der Waals surface area contributed by atoms with Gasteiger partial charge in [0.25, 0.3) is 0 Å². The summed E-state index contributed by atoms with van der Waals surface area (Å²) in [5, 5.41) is 8.86. The molecule has 1 aliphatic rings. The van der Waals surface area contributed by atoms with Gasteiger partial charge in [-0.3, -0.25) is 4.90 Å². The zero-order chi connectivity index (χ0) is 15.4. The van der Waals surface area contributed by atoms with Gasteiger partial charge in [-0.15, -0.1) is 0 Å². The minimum atomic E-state index is -1.10. The minimum Gasteiger partial charge on any atom is -0.478 e. The Morgan fingerprint density at radius 3 is 2.48 bits per heavy atom. The van der Waals surface area contributed by atoms with Crippen LogP contribution in [0.2, 0.25) is 0 Å². The van der Waals surface area contributed by atoms with E-state index in [1.807, 2.05) is 4.90 Å². The van der Waals surface area contributed by atoms with Crippen molar-refractivity contribution in [2.45, 2.75) is 0 Å². The van der Waals surface area contributed by atoms with Crippen molar-refractivity contribution < 1.29 is 14.3 Å². The number of halogens is 1. The van der Waals surface area contributed by atoms with E-state index >= 15 is 0 Å². The van der Waals surface area contributed by atoms with Gasteiger partial charge in [-0.1, -0.05) is 0 Å². The van der Waals surface area contributed by atoms with Gasteiger partial charge in [-0.25, -0.2) is 9.18 Å². The number of nitrogens with zero attached hydrogens (tertiary/aromatic N) is 3. The van der Waals surface area contributed by atoms with E-state index in [9.17, 15) is 9.18 Å². The first-order chi connectivity index (χ1) is 9.97. The highest BCUT2D eigenvalue weighted by Gasteiger charge is 2.20. The Morgan fingerprint density at radius 2 is 1.95 bits per heavy atom. The molecule has 0 bridgehead atoms. The molecule has 1 saturated heterocycles. The van der Waals surface area contributed by atoms with E-state index in [0.717, 1.165) is 45.3 Å². The largest absolute Gasteiger partial charge is 0.478 e. The summed E-state index contributed by atoms with van der Waals surface area (Å²) in [6.45, 7) is 5.35. The van der Waals surface area contributed by atoms with Crippen molar-refractivity contribution in [1.29, 1.82) is 0 Å². The second-order valence-electron chi connectivity index (χ2n) is 5.60. The first kappa shape index (κ1) is 15.7. The van der Waals surface area contributed by atoms with Crippen molar-refractivity contribution >= 4 is 11.7 Å². The van der Waals surface area contributed by atoms with Crippen molar-refractivity contribution in [2.75, 3.05) is 58.3 Å². The van der Waals surface area contributed by atoms with Crippen molar-refractivity contribution in [3.8, 4) is 0 Å². The summed E-state index contributed by atoms with van der Waals surface area (Å²) in [4.78, 5) is 17.3. The Kier molecular flexibility index (Phi) is 5.14. The predicted molar refractivity (Wildman–Crippen MR) is 80.6 cm³/mol. The smallest absolute Gasteiger partial charge is 0.335 e. The quantitative estimate of drug-likeness (QED) is 0.885. The lowest BCUT2D eigenvalue weighted by molar-refractivity contribution is 0.0696. The second kappa shape index (κ2) is 6.87. The highest BCUT2D eigenvalue weighted by atomic mass is 19.1. The molecule has 0 amide bonds. The lowest BCUT2D eigenvalue weighted by Gasteiger charge is -2.36. The summed E-state index contributed by atoms with van der Waals surface area (Å²) in [7, 11) is 4.10. The summed E-state index contributed by atoms with van der Waals surface area (Å²) in [5.74, 6) is -1.56. The number of aromatic carboxylic acids is 1. The molecule has 1 aliphatic heterocycles. The molecule has 21 heavy (non-hydrogen) atoms. The Balaban J connectivity index is 1.94. The third-order valence-electron chi connectivity index (χ3n) is 3.77. The van der Waals surface area contributed by atoms with Gasteiger partial charge in [-0.2, -0.15) is 0 Å². The van der Waals surface area contributed by atoms with E-state index in [-0.39, 0.29) is 5.56 Å². The van der Waals surface area contributed by atoms with Gasteiger partial charge in [0.1, 0.15) is 5.82 Å². The zero-order valence-corrected chi connectivity index (χ0v) is 12.5. The summed E-state index contributed by atoms with van der Waals surface area (Å²) in [5.41, 5.74) is 0.480. The van der Waals surface area contributed by atoms with Crippen LogP contribution in [0.4, 0.5) is 10.1 Å². The van der Waals surface area contributed by atoms with Gasteiger partial charge in [0.05, 0.1) is 11.3 Å². The molecule has 1 N–H and O–H groups in total. The second-order valence-corrected chi connectivity index (χ2v) is 5.60. The normalized spacial score (nSPS) is 16.5. The van der Waals surface area contributed by atoms with Crippen LogP contribution in [-0.4, -0.2) is 74.2 Å². The summed E-state index contributed by atoms with van der Waals surface area (Å²) >= 11 is 0. The van der Waals surface area contributed by atoms with Gasteiger partial charge in [-0.05, 0) is 32.3 Å². The van der Waals surface area contributed by atoms with Crippen LogP contribution in [0.1, 0.15) is 10.4 Å². The molecule has 0 radical (unpaired) electrons. The number of carbonyl (C=O) groups is 1. The van der Waals surface area contributed by atoms with Crippen molar-refractivity contribution in [1.82, 2.24) is 9.80 Å². The number of anilines is 1. The fourth-order valence-corrected chi connectivity index (χ4v) is 2.45. The molecule has 5 nitrogen and oxygen atoms in total. The number of carboxylic acid groups (broad SMARTS) is 1. The molecule has 116 valence electrons. The van der Waals surface area contributed by atoms with E-state index < -0.39 is 11.8 Å². The summed E-state index contributed by atoms with van der Waals surface area (Å²) in [6, 6.07) is 4.11. The Morgan fingerprint density at radius 1 is 1.29 bits per heavy atom. The Hall–Kier alpha value is -1.66. The van der Waals surface area contributed by atoms with Crippen LogP contribution in [0.5, 0.6) is 0 Å². The van der Waals surface area contributed by atoms with E-state index in [4.69, 9.17) is 5.11 Å². The molecule has 0 spiro atoms. The van der Waals surface area contributed by atoms with Crippen molar-refractivity contribution in [3.05, 3.63) is 29.6 Å². The predicted octanol–water partition coefficient (Wildman–Crippen LogP) is 1.21. The fourth-order valence-electron chi connectivity index (χ4n) is 2.45. The van der Waals surface area contributed by atoms with E-state index in [1.165, 1.54) is 6.07 Å². The zero-order valence-electron chi connectivity index (χ0n) is 12.5. The number of benzene rings is 1. The molecule has 0 aliphatic carbocycles. The third kappa shape index (κ3) is 4.15. The average Bonchev–Trinajstić information content (AvgIpc) is 2.45. The molecule has 0 saturated carbocycles. The molecule has 1 aromatic carbocycles. The monoisotopic (exact) mass is 295 g/mol. The molecule has 1 aromatic rings. The summed E-state index contributed by atoms with van der Waals surface area (Å²) in [6.07, 6.45) is 0. The number of hydrogen-bond donors (Lipinski definition) is 1.